The summed E-state index contributed by atoms with van der Waals surface area (Å²) in [6.45, 7) is 10.6. The lowest BCUT2D eigenvalue weighted by Crippen LogP contribution is -2.42. The molecule has 0 amide bonds. The minimum atomic E-state index is -3.13. The molecule has 1 fully saturated rings. The first-order chi connectivity index (χ1) is 7.70. The van der Waals surface area contributed by atoms with E-state index in [1.54, 1.807) is 0 Å². The molecule has 1 aliphatic heterocycles. The summed E-state index contributed by atoms with van der Waals surface area (Å²) in [5.74, 6) is 1.20. The number of nitrogens with one attached hydrogen (secondary N) is 2. The summed E-state index contributed by atoms with van der Waals surface area (Å²) in [6, 6.07) is 0. The van der Waals surface area contributed by atoms with Crippen LogP contribution in [0.25, 0.3) is 0 Å². The second-order valence-corrected chi connectivity index (χ2v) is 8.21. The quantitative estimate of drug-likeness (QED) is 0.800. The summed E-state index contributed by atoms with van der Waals surface area (Å²) in [5.41, 5.74) is -0.189. The van der Waals surface area contributed by atoms with Gasteiger partial charge in [0.1, 0.15) is 0 Å². The first-order valence-corrected chi connectivity index (χ1v) is 8.03. The fraction of sp³-hybridized carbons (Fsp3) is 1.00. The summed E-state index contributed by atoms with van der Waals surface area (Å²) in [7, 11) is -3.13. The Morgan fingerprint density at radius 3 is 2.53 bits per heavy atom. The summed E-state index contributed by atoms with van der Waals surface area (Å²) in [5, 5.41) is 3.32. The molecule has 0 aliphatic carbocycles. The fourth-order valence-electron chi connectivity index (χ4n) is 2.23. The Labute approximate surface area is 106 Å². The molecular formula is C12H26N2O2S. The van der Waals surface area contributed by atoms with Crippen molar-refractivity contribution in [2.75, 3.05) is 25.4 Å². The van der Waals surface area contributed by atoms with E-state index in [2.05, 4.69) is 17.0 Å². The Morgan fingerprint density at radius 2 is 2.00 bits per heavy atom. The van der Waals surface area contributed by atoms with E-state index in [1.807, 2.05) is 20.8 Å². The van der Waals surface area contributed by atoms with E-state index in [1.165, 1.54) is 0 Å². The molecule has 2 N–H and O–H groups in total. The zero-order valence-corrected chi connectivity index (χ0v) is 12.2. The van der Waals surface area contributed by atoms with Crippen molar-refractivity contribution in [3.63, 3.8) is 0 Å². The second kappa shape index (κ2) is 5.67. The molecule has 0 saturated carbocycles. The van der Waals surface area contributed by atoms with Crippen LogP contribution in [0.1, 0.15) is 34.1 Å². The van der Waals surface area contributed by atoms with E-state index in [4.69, 9.17) is 0 Å². The smallest absolute Gasteiger partial charge is 0.212 e. The van der Waals surface area contributed by atoms with Crippen LogP contribution in [0.5, 0.6) is 0 Å². The van der Waals surface area contributed by atoms with E-state index in [-0.39, 0.29) is 11.2 Å². The van der Waals surface area contributed by atoms with Crippen LogP contribution >= 0.6 is 0 Å². The second-order valence-electron chi connectivity index (χ2n) is 6.40. The van der Waals surface area contributed by atoms with Gasteiger partial charge in [-0.2, -0.15) is 0 Å². The Kier molecular flexibility index (Phi) is 4.98. The maximum absolute atomic E-state index is 11.9. The molecule has 17 heavy (non-hydrogen) atoms. The van der Waals surface area contributed by atoms with Crippen LogP contribution in [-0.4, -0.2) is 33.8 Å². The van der Waals surface area contributed by atoms with Crippen molar-refractivity contribution >= 4 is 10.0 Å². The number of hydrogen-bond donors (Lipinski definition) is 2. The van der Waals surface area contributed by atoms with Gasteiger partial charge in [0.25, 0.3) is 0 Å². The molecule has 0 aromatic rings. The molecule has 0 radical (unpaired) electrons. The zero-order valence-electron chi connectivity index (χ0n) is 11.4. The number of piperidine rings is 1. The van der Waals surface area contributed by atoms with Gasteiger partial charge in [0.2, 0.25) is 10.0 Å². The van der Waals surface area contributed by atoms with Crippen LogP contribution in [0.4, 0.5) is 0 Å². The van der Waals surface area contributed by atoms with E-state index in [9.17, 15) is 8.42 Å². The van der Waals surface area contributed by atoms with E-state index < -0.39 is 10.0 Å². The summed E-state index contributed by atoms with van der Waals surface area (Å²) >= 11 is 0. The maximum Gasteiger partial charge on any atom is 0.212 e. The Bertz CT molecular complexity index is 333. The van der Waals surface area contributed by atoms with E-state index in [0.29, 0.717) is 18.4 Å². The van der Waals surface area contributed by atoms with Gasteiger partial charge in [-0.25, -0.2) is 13.1 Å². The number of sulfonamides is 1. The van der Waals surface area contributed by atoms with Gasteiger partial charge < -0.3 is 5.32 Å². The van der Waals surface area contributed by atoms with Crippen molar-refractivity contribution in [2.45, 2.75) is 34.1 Å². The van der Waals surface area contributed by atoms with Crippen molar-refractivity contribution in [1.82, 2.24) is 10.0 Å². The summed E-state index contributed by atoms with van der Waals surface area (Å²) < 4.78 is 26.5. The molecule has 0 aromatic carbocycles. The molecule has 102 valence electrons. The van der Waals surface area contributed by atoms with E-state index >= 15 is 0 Å². The third kappa shape index (κ3) is 5.84. The predicted octanol–water partition coefficient (Wildman–Crippen LogP) is 1.20. The topological polar surface area (TPSA) is 58.2 Å². The minimum absolute atomic E-state index is 0.189. The van der Waals surface area contributed by atoms with Gasteiger partial charge in [0, 0.05) is 6.54 Å². The molecule has 2 unspecified atom stereocenters. The lowest BCUT2D eigenvalue weighted by molar-refractivity contribution is 0.274. The largest absolute Gasteiger partial charge is 0.316 e. The molecule has 4 nitrogen and oxygen atoms in total. The highest BCUT2D eigenvalue weighted by molar-refractivity contribution is 7.89. The molecule has 1 aliphatic rings. The average molecular weight is 262 g/mol. The maximum atomic E-state index is 11.9. The van der Waals surface area contributed by atoms with Gasteiger partial charge >= 0.3 is 0 Å². The highest BCUT2D eigenvalue weighted by Gasteiger charge is 2.25. The van der Waals surface area contributed by atoms with Crippen molar-refractivity contribution in [3.05, 3.63) is 0 Å². The molecule has 1 rings (SSSR count). The molecule has 0 spiro atoms. The SMILES string of the molecule is CC1CNCCC1CNS(=O)(=O)CC(C)(C)C. The standard InChI is InChI=1S/C12H26N2O2S/c1-10-7-13-6-5-11(10)8-14-17(15,16)9-12(2,3)4/h10-11,13-14H,5-9H2,1-4H3. The van der Waals surface area contributed by atoms with Crippen molar-refractivity contribution in [3.8, 4) is 0 Å². The predicted molar refractivity (Wildman–Crippen MR) is 71.4 cm³/mol. The number of hydrogen-bond acceptors (Lipinski definition) is 3. The van der Waals surface area contributed by atoms with Crippen LogP contribution in [0.3, 0.4) is 0 Å². The lowest BCUT2D eigenvalue weighted by Gasteiger charge is -2.30. The molecule has 0 aromatic heterocycles. The molecule has 5 heteroatoms. The van der Waals surface area contributed by atoms with Crippen LogP contribution < -0.4 is 10.0 Å². The van der Waals surface area contributed by atoms with Gasteiger partial charge in [-0.05, 0) is 36.8 Å². The molecule has 1 heterocycles. The van der Waals surface area contributed by atoms with Crippen LogP contribution in [0.15, 0.2) is 0 Å². The normalized spacial score (nSPS) is 27.1. The monoisotopic (exact) mass is 262 g/mol. The minimum Gasteiger partial charge on any atom is -0.316 e. The fourth-order valence-corrected chi connectivity index (χ4v) is 3.94. The molecule has 1 saturated heterocycles. The third-order valence-corrected chi connectivity index (χ3v) is 5.00. The van der Waals surface area contributed by atoms with Crippen LogP contribution in [-0.2, 0) is 10.0 Å². The van der Waals surface area contributed by atoms with Gasteiger partial charge in [0.05, 0.1) is 5.75 Å². The van der Waals surface area contributed by atoms with Crippen molar-refractivity contribution < 1.29 is 8.42 Å². The molecule has 0 bridgehead atoms. The van der Waals surface area contributed by atoms with Gasteiger partial charge in [0.15, 0.2) is 0 Å². The molecule has 2 atom stereocenters. The first kappa shape index (κ1) is 14.9. The van der Waals surface area contributed by atoms with Gasteiger partial charge in [-0.1, -0.05) is 27.7 Å². The molecular weight excluding hydrogens is 236 g/mol. The highest BCUT2D eigenvalue weighted by atomic mass is 32.2. The lowest BCUT2D eigenvalue weighted by atomic mass is 9.88. The highest BCUT2D eigenvalue weighted by Crippen LogP contribution is 2.19. The average Bonchev–Trinajstić information content (AvgIpc) is 2.13. The summed E-state index contributed by atoms with van der Waals surface area (Å²) in [6.07, 6.45) is 1.05. The van der Waals surface area contributed by atoms with Crippen LogP contribution in [0.2, 0.25) is 0 Å². The van der Waals surface area contributed by atoms with Crippen LogP contribution in [0, 0.1) is 17.3 Å². The number of rotatable bonds is 4. The summed E-state index contributed by atoms with van der Waals surface area (Å²) in [4.78, 5) is 0. The van der Waals surface area contributed by atoms with E-state index in [0.717, 1.165) is 19.5 Å². The van der Waals surface area contributed by atoms with Gasteiger partial charge in [-0.15, -0.1) is 0 Å². The third-order valence-electron chi connectivity index (χ3n) is 3.15. The first-order valence-electron chi connectivity index (χ1n) is 6.38. The van der Waals surface area contributed by atoms with Crippen molar-refractivity contribution in [1.29, 1.82) is 0 Å². The Morgan fingerprint density at radius 1 is 1.35 bits per heavy atom. The Balaban J connectivity index is 2.44. The zero-order chi connectivity index (χ0) is 13.1. The van der Waals surface area contributed by atoms with Crippen molar-refractivity contribution in [2.24, 2.45) is 17.3 Å². The van der Waals surface area contributed by atoms with Gasteiger partial charge in [-0.3, -0.25) is 0 Å². The Hall–Kier alpha value is -0.130.